The molecule has 1 atom stereocenters. The van der Waals surface area contributed by atoms with Gasteiger partial charge in [0.25, 0.3) is 0 Å². The van der Waals surface area contributed by atoms with Crippen LogP contribution >= 0.6 is 22.9 Å². The molecule has 1 saturated heterocycles. The van der Waals surface area contributed by atoms with Gasteiger partial charge in [0.2, 0.25) is 0 Å². The number of benzene rings is 1. The zero-order valence-electron chi connectivity index (χ0n) is 10.3. The predicted octanol–water partition coefficient (Wildman–Crippen LogP) is 4.42. The number of halogens is 2. The molecule has 5 heteroatoms. The first-order chi connectivity index (χ1) is 9.24. The number of nitrogens with one attached hydrogen (secondary N) is 1. The molecular formula is C14H14ClFN2S. The van der Waals surface area contributed by atoms with Crippen LogP contribution in [0, 0.1) is 5.82 Å². The van der Waals surface area contributed by atoms with Gasteiger partial charge in [0, 0.05) is 10.9 Å². The van der Waals surface area contributed by atoms with Crippen LogP contribution in [0.4, 0.5) is 4.39 Å². The quantitative estimate of drug-likeness (QED) is 0.887. The number of thiazole rings is 1. The number of hydrogen-bond donors (Lipinski definition) is 1. The summed E-state index contributed by atoms with van der Waals surface area (Å²) in [5.41, 5.74) is 1.62. The van der Waals surface area contributed by atoms with Crippen molar-refractivity contribution in [3.05, 3.63) is 39.4 Å². The zero-order chi connectivity index (χ0) is 13.2. The number of hydrogen-bond acceptors (Lipinski definition) is 3. The van der Waals surface area contributed by atoms with Crippen LogP contribution in [0.25, 0.3) is 11.3 Å². The maximum Gasteiger partial charge on any atom is 0.124 e. The molecular weight excluding hydrogens is 283 g/mol. The fraction of sp³-hybridized carbons (Fsp3) is 0.357. The van der Waals surface area contributed by atoms with Gasteiger partial charge in [-0.05, 0) is 37.6 Å². The SMILES string of the molecule is Fc1ccc(-c2csc(C3CCCCN3)n2)c(Cl)c1. The molecule has 2 aromatic rings. The van der Waals surface area contributed by atoms with Gasteiger partial charge in [-0.2, -0.15) is 0 Å². The van der Waals surface area contributed by atoms with E-state index >= 15 is 0 Å². The van der Waals surface area contributed by atoms with Gasteiger partial charge >= 0.3 is 0 Å². The molecule has 1 aliphatic rings. The third-order valence-electron chi connectivity index (χ3n) is 3.34. The monoisotopic (exact) mass is 296 g/mol. The average Bonchev–Trinajstić information content (AvgIpc) is 2.89. The lowest BCUT2D eigenvalue weighted by molar-refractivity contribution is 0.411. The molecule has 0 saturated carbocycles. The summed E-state index contributed by atoms with van der Waals surface area (Å²) < 4.78 is 13.0. The van der Waals surface area contributed by atoms with Crippen molar-refractivity contribution in [3.63, 3.8) is 0 Å². The Hall–Kier alpha value is -0.970. The molecule has 0 amide bonds. The Morgan fingerprint density at radius 1 is 1.37 bits per heavy atom. The van der Waals surface area contributed by atoms with Gasteiger partial charge < -0.3 is 5.32 Å². The minimum atomic E-state index is -0.321. The Balaban J connectivity index is 1.87. The van der Waals surface area contributed by atoms with Gasteiger partial charge in [-0.25, -0.2) is 9.37 Å². The van der Waals surface area contributed by atoms with Crippen molar-refractivity contribution in [2.45, 2.75) is 25.3 Å². The summed E-state index contributed by atoms with van der Waals surface area (Å²) in [7, 11) is 0. The molecule has 2 heterocycles. The molecule has 0 aliphatic carbocycles. The lowest BCUT2D eigenvalue weighted by Crippen LogP contribution is -2.26. The largest absolute Gasteiger partial charge is 0.308 e. The third kappa shape index (κ3) is 2.81. The van der Waals surface area contributed by atoms with Gasteiger partial charge in [-0.1, -0.05) is 18.0 Å². The van der Waals surface area contributed by atoms with Crippen molar-refractivity contribution in [2.75, 3.05) is 6.54 Å². The Morgan fingerprint density at radius 2 is 2.26 bits per heavy atom. The van der Waals surface area contributed by atoms with Crippen LogP contribution in [0.3, 0.4) is 0 Å². The van der Waals surface area contributed by atoms with Crippen molar-refractivity contribution in [3.8, 4) is 11.3 Å². The van der Waals surface area contributed by atoms with E-state index in [9.17, 15) is 4.39 Å². The van der Waals surface area contributed by atoms with E-state index in [0.29, 0.717) is 11.1 Å². The van der Waals surface area contributed by atoms with E-state index in [1.54, 1.807) is 17.4 Å². The highest BCUT2D eigenvalue weighted by Crippen LogP contribution is 2.32. The first kappa shape index (κ1) is 13.0. The summed E-state index contributed by atoms with van der Waals surface area (Å²) in [6, 6.07) is 4.78. The molecule has 3 rings (SSSR count). The molecule has 0 spiro atoms. The lowest BCUT2D eigenvalue weighted by atomic mass is 10.1. The molecule has 100 valence electrons. The van der Waals surface area contributed by atoms with Crippen LogP contribution in [0.5, 0.6) is 0 Å². The highest BCUT2D eigenvalue weighted by Gasteiger charge is 2.19. The molecule has 19 heavy (non-hydrogen) atoms. The van der Waals surface area contributed by atoms with Gasteiger partial charge in [0.15, 0.2) is 0 Å². The van der Waals surface area contributed by atoms with Crippen LogP contribution in [-0.4, -0.2) is 11.5 Å². The third-order valence-corrected chi connectivity index (χ3v) is 4.61. The van der Waals surface area contributed by atoms with Gasteiger partial charge in [0.05, 0.1) is 16.8 Å². The van der Waals surface area contributed by atoms with Crippen LogP contribution in [-0.2, 0) is 0 Å². The summed E-state index contributed by atoms with van der Waals surface area (Å²) in [5.74, 6) is -0.321. The van der Waals surface area contributed by atoms with Crippen LogP contribution in [0.1, 0.15) is 30.3 Å². The summed E-state index contributed by atoms with van der Waals surface area (Å²) in [6.45, 7) is 1.05. The molecule has 0 bridgehead atoms. The smallest absolute Gasteiger partial charge is 0.124 e. The summed E-state index contributed by atoms with van der Waals surface area (Å²) in [5, 5.41) is 6.97. The molecule has 1 N–H and O–H groups in total. The van der Waals surface area contributed by atoms with Gasteiger partial charge in [0.1, 0.15) is 10.8 Å². The summed E-state index contributed by atoms with van der Waals surface area (Å²) in [6.07, 6.45) is 3.60. The van der Waals surface area contributed by atoms with Crippen LogP contribution < -0.4 is 5.32 Å². The first-order valence-corrected chi connectivity index (χ1v) is 7.64. The van der Waals surface area contributed by atoms with E-state index in [1.165, 1.54) is 25.0 Å². The maximum atomic E-state index is 13.0. The molecule has 1 aliphatic heterocycles. The predicted molar refractivity (Wildman–Crippen MR) is 77.1 cm³/mol. The van der Waals surface area contributed by atoms with Gasteiger partial charge in [-0.3, -0.25) is 0 Å². The Labute approximate surface area is 120 Å². The Kier molecular flexibility index (Phi) is 3.82. The van der Waals surface area contributed by atoms with Crippen molar-refractivity contribution < 1.29 is 4.39 Å². The fourth-order valence-electron chi connectivity index (χ4n) is 2.33. The highest BCUT2D eigenvalue weighted by atomic mass is 35.5. The second-order valence-corrected chi connectivity index (χ2v) is 5.99. The summed E-state index contributed by atoms with van der Waals surface area (Å²) >= 11 is 7.71. The van der Waals surface area contributed by atoms with Gasteiger partial charge in [-0.15, -0.1) is 11.3 Å². The van der Waals surface area contributed by atoms with E-state index < -0.39 is 0 Å². The standard InChI is InChI=1S/C14H14ClFN2S/c15-11-7-9(16)4-5-10(11)13-8-19-14(18-13)12-3-1-2-6-17-12/h4-5,7-8,12,17H,1-3,6H2. The molecule has 0 radical (unpaired) electrons. The van der Waals surface area contributed by atoms with E-state index in [1.807, 2.05) is 5.38 Å². The number of nitrogens with zero attached hydrogens (tertiary/aromatic N) is 1. The molecule has 1 unspecified atom stereocenters. The normalized spacial score (nSPS) is 19.6. The van der Waals surface area contributed by atoms with Crippen molar-refractivity contribution in [1.29, 1.82) is 0 Å². The number of piperidine rings is 1. The maximum absolute atomic E-state index is 13.0. The van der Waals surface area contributed by atoms with Crippen molar-refractivity contribution in [1.82, 2.24) is 10.3 Å². The second-order valence-electron chi connectivity index (χ2n) is 4.70. The molecule has 1 aromatic heterocycles. The molecule has 1 aromatic carbocycles. The van der Waals surface area contributed by atoms with Crippen molar-refractivity contribution >= 4 is 22.9 Å². The molecule has 1 fully saturated rings. The van der Waals surface area contributed by atoms with Crippen LogP contribution in [0.2, 0.25) is 5.02 Å². The van der Waals surface area contributed by atoms with E-state index in [4.69, 9.17) is 11.6 Å². The number of rotatable bonds is 2. The van der Waals surface area contributed by atoms with Crippen molar-refractivity contribution in [2.24, 2.45) is 0 Å². The van der Waals surface area contributed by atoms with E-state index in [2.05, 4.69) is 10.3 Å². The Morgan fingerprint density at radius 3 is 3.00 bits per heavy atom. The lowest BCUT2D eigenvalue weighted by Gasteiger charge is -2.21. The average molecular weight is 297 g/mol. The topological polar surface area (TPSA) is 24.9 Å². The molecule has 2 nitrogen and oxygen atoms in total. The van der Waals surface area contributed by atoms with E-state index in [-0.39, 0.29) is 5.82 Å². The summed E-state index contributed by atoms with van der Waals surface area (Å²) in [4.78, 5) is 4.64. The fourth-order valence-corrected chi connectivity index (χ4v) is 3.52. The van der Waals surface area contributed by atoms with E-state index in [0.717, 1.165) is 29.2 Å². The first-order valence-electron chi connectivity index (χ1n) is 6.38. The second kappa shape index (κ2) is 5.57. The minimum absolute atomic E-state index is 0.321. The number of aromatic nitrogens is 1. The minimum Gasteiger partial charge on any atom is -0.308 e. The highest BCUT2D eigenvalue weighted by molar-refractivity contribution is 7.10. The zero-order valence-corrected chi connectivity index (χ0v) is 11.9. The van der Waals surface area contributed by atoms with Crippen LogP contribution in [0.15, 0.2) is 23.6 Å². The Bertz CT molecular complexity index is 579.